The van der Waals surface area contributed by atoms with Crippen molar-refractivity contribution in [3.05, 3.63) is 29.3 Å². The number of sulfone groups is 1. The molecule has 2 N–H and O–H groups in total. The number of rotatable bonds is 4. The molecule has 8 heteroatoms. The fraction of sp³-hybridized carbons (Fsp3) is 0.467. The Morgan fingerprint density at radius 3 is 2.30 bits per heavy atom. The van der Waals surface area contributed by atoms with E-state index in [1.807, 2.05) is 0 Å². The smallest absolute Gasteiger partial charge is 0.239 e. The maximum absolute atomic E-state index is 12.3. The summed E-state index contributed by atoms with van der Waals surface area (Å²) >= 11 is 5.78. The first-order valence-corrected chi connectivity index (χ1v) is 9.38. The highest BCUT2D eigenvalue weighted by Crippen LogP contribution is 2.22. The number of carbonyl (C=O) groups is 2. The van der Waals surface area contributed by atoms with Crippen molar-refractivity contribution in [1.29, 1.82) is 0 Å². The molecule has 6 nitrogen and oxygen atoms in total. The molecule has 23 heavy (non-hydrogen) atoms. The van der Waals surface area contributed by atoms with E-state index in [0.29, 0.717) is 17.1 Å². The minimum Gasteiger partial charge on any atom is -0.351 e. The Hall–Kier alpha value is -1.60. The van der Waals surface area contributed by atoms with Gasteiger partial charge in [-0.3, -0.25) is 9.59 Å². The number of anilines is 1. The lowest BCUT2D eigenvalue weighted by molar-refractivity contribution is -0.138. The first kappa shape index (κ1) is 17.7. The highest BCUT2D eigenvalue weighted by molar-refractivity contribution is 7.91. The quantitative estimate of drug-likeness (QED) is 0.800. The van der Waals surface area contributed by atoms with E-state index in [4.69, 9.17) is 11.6 Å². The monoisotopic (exact) mass is 358 g/mol. The van der Waals surface area contributed by atoms with Gasteiger partial charge in [0.05, 0.1) is 11.5 Å². The zero-order valence-corrected chi connectivity index (χ0v) is 14.5. The second-order valence-electron chi connectivity index (χ2n) is 6.16. The van der Waals surface area contributed by atoms with Crippen molar-refractivity contribution >= 4 is 38.9 Å². The van der Waals surface area contributed by atoms with Crippen LogP contribution < -0.4 is 10.6 Å². The second kappa shape index (κ2) is 6.49. The maximum Gasteiger partial charge on any atom is 0.239 e. The zero-order valence-electron chi connectivity index (χ0n) is 12.9. The summed E-state index contributed by atoms with van der Waals surface area (Å²) in [5.41, 5.74) is -0.796. The Morgan fingerprint density at radius 1 is 1.17 bits per heavy atom. The van der Waals surface area contributed by atoms with Crippen LogP contribution in [0.4, 0.5) is 5.69 Å². The van der Waals surface area contributed by atoms with Gasteiger partial charge < -0.3 is 10.6 Å². The summed E-state index contributed by atoms with van der Waals surface area (Å²) in [5.74, 6) is -0.979. The SMILES string of the molecule is CC(C)(C(=O)Nc1ccc(Cl)cc1)C(=O)NC1CCS(=O)(=O)C1. The van der Waals surface area contributed by atoms with Gasteiger partial charge in [-0.25, -0.2) is 8.42 Å². The predicted molar refractivity (Wildman–Crippen MR) is 89.1 cm³/mol. The fourth-order valence-corrected chi connectivity index (χ4v) is 4.00. The molecule has 0 radical (unpaired) electrons. The minimum absolute atomic E-state index is 0.0648. The van der Waals surface area contributed by atoms with Crippen molar-refractivity contribution in [1.82, 2.24) is 5.32 Å². The van der Waals surface area contributed by atoms with E-state index in [0.717, 1.165) is 0 Å². The van der Waals surface area contributed by atoms with E-state index < -0.39 is 33.1 Å². The lowest BCUT2D eigenvalue weighted by atomic mass is 9.90. The summed E-state index contributed by atoms with van der Waals surface area (Å²) in [6, 6.07) is 6.10. The van der Waals surface area contributed by atoms with Crippen molar-refractivity contribution in [3.63, 3.8) is 0 Å². The Morgan fingerprint density at radius 2 is 1.78 bits per heavy atom. The van der Waals surface area contributed by atoms with Crippen LogP contribution in [0.3, 0.4) is 0 Å². The molecule has 1 saturated heterocycles. The second-order valence-corrected chi connectivity index (χ2v) is 8.82. The first-order chi connectivity index (χ1) is 10.6. The highest BCUT2D eigenvalue weighted by Gasteiger charge is 2.39. The number of nitrogens with one attached hydrogen (secondary N) is 2. The average molecular weight is 359 g/mol. The van der Waals surface area contributed by atoms with Crippen LogP contribution in [0.2, 0.25) is 5.02 Å². The lowest BCUT2D eigenvalue weighted by Crippen LogP contribution is -2.48. The van der Waals surface area contributed by atoms with Gasteiger partial charge in [-0.2, -0.15) is 0 Å². The summed E-state index contributed by atoms with van der Waals surface area (Å²) < 4.78 is 22.9. The largest absolute Gasteiger partial charge is 0.351 e. The van der Waals surface area contributed by atoms with Crippen molar-refractivity contribution in [2.75, 3.05) is 16.8 Å². The summed E-state index contributed by atoms with van der Waals surface area (Å²) in [7, 11) is -3.09. The van der Waals surface area contributed by atoms with Crippen molar-refractivity contribution in [2.45, 2.75) is 26.3 Å². The summed E-state index contributed by atoms with van der Waals surface area (Å²) in [4.78, 5) is 24.7. The molecule has 126 valence electrons. The highest BCUT2D eigenvalue weighted by atomic mass is 35.5. The van der Waals surface area contributed by atoms with Crippen molar-refractivity contribution in [3.8, 4) is 0 Å². The minimum atomic E-state index is -3.09. The fourth-order valence-electron chi connectivity index (χ4n) is 2.20. The van der Waals surface area contributed by atoms with Crippen LogP contribution in [-0.2, 0) is 19.4 Å². The van der Waals surface area contributed by atoms with Crippen LogP contribution in [0.25, 0.3) is 0 Å². The molecule has 1 fully saturated rings. The van der Waals surface area contributed by atoms with Crippen LogP contribution in [0.1, 0.15) is 20.3 Å². The number of carbonyl (C=O) groups excluding carboxylic acids is 2. The number of benzene rings is 1. The van der Waals surface area contributed by atoms with Crippen LogP contribution in [-0.4, -0.2) is 37.8 Å². The maximum atomic E-state index is 12.3. The average Bonchev–Trinajstić information content (AvgIpc) is 2.80. The van der Waals surface area contributed by atoms with Crippen molar-refractivity contribution in [2.24, 2.45) is 5.41 Å². The van der Waals surface area contributed by atoms with Crippen molar-refractivity contribution < 1.29 is 18.0 Å². The van der Waals surface area contributed by atoms with Gasteiger partial charge in [-0.05, 0) is 44.5 Å². The van der Waals surface area contributed by atoms with Gasteiger partial charge in [0.2, 0.25) is 11.8 Å². The van der Waals surface area contributed by atoms with E-state index in [1.165, 1.54) is 13.8 Å². The standard InChI is InChI=1S/C15H19ClN2O4S/c1-15(2,13(19)17-11-5-3-10(16)4-6-11)14(20)18-12-7-8-23(21,22)9-12/h3-6,12H,7-9H2,1-2H3,(H,17,19)(H,18,20). The molecular weight excluding hydrogens is 340 g/mol. The summed E-state index contributed by atoms with van der Waals surface area (Å²) in [6.07, 6.45) is 0.378. The van der Waals surface area contributed by atoms with Gasteiger partial charge in [-0.1, -0.05) is 11.6 Å². The topological polar surface area (TPSA) is 92.3 Å². The van der Waals surface area contributed by atoms with Gasteiger partial charge in [0, 0.05) is 16.8 Å². The molecule has 1 aromatic carbocycles. The third-order valence-electron chi connectivity index (χ3n) is 3.81. The summed E-state index contributed by atoms with van der Waals surface area (Å²) in [5, 5.41) is 5.85. The normalized spacial score (nSPS) is 20.0. The molecule has 1 aromatic rings. The zero-order chi connectivity index (χ0) is 17.3. The van der Waals surface area contributed by atoms with Crippen LogP contribution in [0.5, 0.6) is 0 Å². The molecule has 1 aliphatic rings. The van der Waals surface area contributed by atoms with E-state index in [-0.39, 0.29) is 11.5 Å². The molecule has 0 aromatic heterocycles. The molecular formula is C15H19ClN2O4S. The molecule has 1 heterocycles. The predicted octanol–water partition coefficient (Wildman–Crippen LogP) is 1.61. The van der Waals surface area contributed by atoms with Crippen LogP contribution in [0.15, 0.2) is 24.3 Å². The molecule has 0 saturated carbocycles. The van der Waals surface area contributed by atoms with Crippen LogP contribution >= 0.6 is 11.6 Å². The Bertz CT molecular complexity index is 713. The molecule has 1 atom stereocenters. The number of hydrogen-bond donors (Lipinski definition) is 2. The third kappa shape index (κ3) is 4.45. The summed E-state index contributed by atoms with van der Waals surface area (Å²) in [6.45, 7) is 2.99. The first-order valence-electron chi connectivity index (χ1n) is 7.18. The molecule has 0 bridgehead atoms. The van der Waals surface area contributed by atoms with Crippen LogP contribution in [0, 0.1) is 5.41 Å². The molecule has 0 spiro atoms. The molecule has 0 aliphatic carbocycles. The number of amides is 2. The molecule has 1 unspecified atom stereocenters. The Labute approximate surface area is 140 Å². The van der Waals surface area contributed by atoms with E-state index in [1.54, 1.807) is 24.3 Å². The van der Waals surface area contributed by atoms with Gasteiger partial charge in [0.1, 0.15) is 5.41 Å². The molecule has 2 amide bonds. The van der Waals surface area contributed by atoms with E-state index in [2.05, 4.69) is 10.6 Å². The molecule has 2 rings (SSSR count). The molecule has 1 aliphatic heterocycles. The van der Waals surface area contributed by atoms with Gasteiger partial charge in [-0.15, -0.1) is 0 Å². The lowest BCUT2D eigenvalue weighted by Gasteiger charge is -2.24. The van der Waals surface area contributed by atoms with Gasteiger partial charge >= 0.3 is 0 Å². The number of hydrogen-bond acceptors (Lipinski definition) is 4. The van der Waals surface area contributed by atoms with E-state index >= 15 is 0 Å². The Balaban J connectivity index is 2.00. The van der Waals surface area contributed by atoms with Gasteiger partial charge in [0.15, 0.2) is 9.84 Å². The Kier molecular flexibility index (Phi) is 5.01. The number of halogens is 1. The van der Waals surface area contributed by atoms with E-state index in [9.17, 15) is 18.0 Å². The van der Waals surface area contributed by atoms with Gasteiger partial charge in [0.25, 0.3) is 0 Å². The third-order valence-corrected chi connectivity index (χ3v) is 5.82.